The third-order valence-electron chi connectivity index (χ3n) is 3.48. The van der Waals surface area contributed by atoms with Crippen LogP contribution in [0.25, 0.3) is 0 Å². The van der Waals surface area contributed by atoms with Crippen molar-refractivity contribution < 1.29 is 4.74 Å². The van der Waals surface area contributed by atoms with Crippen LogP contribution in [0.1, 0.15) is 36.2 Å². The van der Waals surface area contributed by atoms with Crippen LogP contribution in [0.2, 0.25) is 0 Å². The molecule has 1 unspecified atom stereocenters. The molecule has 1 aromatic heterocycles. The number of benzene rings is 1. The molecule has 0 aliphatic heterocycles. The van der Waals surface area contributed by atoms with Crippen molar-refractivity contribution in [2.75, 3.05) is 12.4 Å². The first kappa shape index (κ1) is 14.3. The summed E-state index contributed by atoms with van der Waals surface area (Å²) in [4.78, 5) is 0. The average molecular weight is 271 g/mol. The zero-order valence-corrected chi connectivity index (χ0v) is 12.5. The van der Waals surface area contributed by atoms with Crippen LogP contribution in [0.5, 0.6) is 5.75 Å². The summed E-state index contributed by atoms with van der Waals surface area (Å²) in [7, 11) is 1.68. The Hall–Kier alpha value is -2.10. The van der Waals surface area contributed by atoms with Crippen molar-refractivity contribution in [3.63, 3.8) is 0 Å². The van der Waals surface area contributed by atoms with E-state index in [1.165, 1.54) is 5.56 Å². The zero-order valence-electron chi connectivity index (χ0n) is 12.5. The van der Waals surface area contributed by atoms with Gasteiger partial charge in [0.25, 0.3) is 0 Å². The lowest BCUT2D eigenvalue weighted by atomic mass is 10.0. The number of aromatic nitrogens is 2. The van der Waals surface area contributed by atoms with Crippen LogP contribution in [0.15, 0.2) is 30.3 Å². The van der Waals surface area contributed by atoms with Gasteiger partial charge in [-0.3, -0.25) is 0 Å². The molecule has 0 amide bonds. The van der Waals surface area contributed by atoms with Gasteiger partial charge in [-0.15, -0.1) is 5.10 Å². The molecule has 1 aromatic carbocycles. The molecule has 20 heavy (non-hydrogen) atoms. The maximum Gasteiger partial charge on any atom is 0.149 e. The number of hydrogen-bond acceptors (Lipinski definition) is 4. The van der Waals surface area contributed by atoms with E-state index in [0.717, 1.165) is 29.2 Å². The Morgan fingerprint density at radius 3 is 2.40 bits per heavy atom. The Morgan fingerprint density at radius 1 is 1.15 bits per heavy atom. The first-order valence-corrected chi connectivity index (χ1v) is 6.85. The van der Waals surface area contributed by atoms with Crippen LogP contribution in [0, 0.1) is 13.8 Å². The topological polar surface area (TPSA) is 47.0 Å². The molecular formula is C16H21N3O. The molecule has 4 heteroatoms. The molecule has 4 nitrogen and oxygen atoms in total. The standard InChI is InChI=1S/C16H21N3O/c1-5-15(13-6-8-14(20-4)9-7-13)17-16-10-11(2)12(3)18-19-16/h6-10,15H,5H2,1-4H3,(H,17,19). The van der Waals surface area contributed by atoms with Gasteiger partial charge >= 0.3 is 0 Å². The van der Waals surface area contributed by atoms with Gasteiger partial charge < -0.3 is 10.1 Å². The molecule has 1 heterocycles. The quantitative estimate of drug-likeness (QED) is 0.901. The predicted octanol–water partition coefficient (Wildman–Crippen LogP) is 3.67. The Morgan fingerprint density at radius 2 is 1.85 bits per heavy atom. The van der Waals surface area contributed by atoms with Gasteiger partial charge in [0, 0.05) is 0 Å². The number of aryl methyl sites for hydroxylation is 2. The highest BCUT2D eigenvalue weighted by atomic mass is 16.5. The van der Waals surface area contributed by atoms with Gasteiger partial charge in [0.05, 0.1) is 18.8 Å². The lowest BCUT2D eigenvalue weighted by Gasteiger charge is -2.18. The summed E-state index contributed by atoms with van der Waals surface area (Å²) >= 11 is 0. The largest absolute Gasteiger partial charge is 0.497 e. The molecule has 2 rings (SSSR count). The lowest BCUT2D eigenvalue weighted by molar-refractivity contribution is 0.414. The van der Waals surface area contributed by atoms with Crippen LogP contribution in [-0.2, 0) is 0 Å². The fourth-order valence-electron chi connectivity index (χ4n) is 2.05. The lowest BCUT2D eigenvalue weighted by Crippen LogP contribution is -2.11. The highest BCUT2D eigenvalue weighted by Crippen LogP contribution is 2.23. The predicted molar refractivity (Wildman–Crippen MR) is 81.2 cm³/mol. The molecule has 1 atom stereocenters. The summed E-state index contributed by atoms with van der Waals surface area (Å²) in [6, 6.07) is 10.4. The number of anilines is 1. The van der Waals surface area contributed by atoms with Gasteiger partial charge in [-0.05, 0) is 49.6 Å². The minimum Gasteiger partial charge on any atom is -0.497 e. The monoisotopic (exact) mass is 271 g/mol. The summed E-state index contributed by atoms with van der Waals surface area (Å²) < 4.78 is 5.19. The van der Waals surface area contributed by atoms with Gasteiger partial charge in [0.2, 0.25) is 0 Å². The first-order chi connectivity index (χ1) is 9.63. The Labute approximate surface area is 120 Å². The summed E-state index contributed by atoms with van der Waals surface area (Å²) in [6.45, 7) is 6.16. The van der Waals surface area contributed by atoms with Crippen LogP contribution >= 0.6 is 0 Å². The summed E-state index contributed by atoms with van der Waals surface area (Å²) in [5, 5.41) is 11.8. The fourth-order valence-corrected chi connectivity index (χ4v) is 2.05. The van der Waals surface area contributed by atoms with Crippen molar-refractivity contribution in [1.29, 1.82) is 0 Å². The minimum atomic E-state index is 0.220. The summed E-state index contributed by atoms with van der Waals surface area (Å²) in [5.41, 5.74) is 3.33. The van der Waals surface area contributed by atoms with Crippen LogP contribution in [-0.4, -0.2) is 17.3 Å². The van der Waals surface area contributed by atoms with Crippen molar-refractivity contribution in [2.45, 2.75) is 33.2 Å². The molecule has 0 saturated heterocycles. The van der Waals surface area contributed by atoms with Gasteiger partial charge in [-0.25, -0.2) is 0 Å². The second kappa shape index (κ2) is 6.37. The third-order valence-corrected chi connectivity index (χ3v) is 3.48. The van der Waals surface area contributed by atoms with Gasteiger partial charge in [-0.2, -0.15) is 5.10 Å². The highest BCUT2D eigenvalue weighted by molar-refractivity contribution is 5.41. The van der Waals surface area contributed by atoms with Crippen molar-refractivity contribution in [2.24, 2.45) is 0 Å². The number of nitrogens with zero attached hydrogens (tertiary/aromatic N) is 2. The number of methoxy groups -OCH3 is 1. The Bertz CT molecular complexity index is 566. The van der Waals surface area contributed by atoms with E-state index in [0.29, 0.717) is 0 Å². The van der Waals surface area contributed by atoms with E-state index in [1.807, 2.05) is 32.0 Å². The van der Waals surface area contributed by atoms with E-state index < -0.39 is 0 Å². The van der Waals surface area contributed by atoms with Crippen molar-refractivity contribution in [3.8, 4) is 5.75 Å². The van der Waals surface area contributed by atoms with Gasteiger partial charge in [-0.1, -0.05) is 19.1 Å². The van der Waals surface area contributed by atoms with E-state index in [-0.39, 0.29) is 6.04 Å². The van der Waals surface area contributed by atoms with Crippen molar-refractivity contribution in [3.05, 3.63) is 47.2 Å². The molecule has 0 bridgehead atoms. The van der Waals surface area contributed by atoms with Gasteiger partial charge in [0.1, 0.15) is 11.6 Å². The Balaban J connectivity index is 2.16. The van der Waals surface area contributed by atoms with E-state index >= 15 is 0 Å². The minimum absolute atomic E-state index is 0.220. The molecular weight excluding hydrogens is 250 g/mol. The molecule has 0 saturated carbocycles. The molecule has 1 N–H and O–H groups in total. The number of nitrogens with one attached hydrogen (secondary N) is 1. The molecule has 0 spiro atoms. The van der Waals surface area contributed by atoms with Crippen molar-refractivity contribution in [1.82, 2.24) is 10.2 Å². The highest BCUT2D eigenvalue weighted by Gasteiger charge is 2.10. The molecule has 0 fully saturated rings. The fraction of sp³-hybridized carbons (Fsp3) is 0.375. The molecule has 106 valence electrons. The third kappa shape index (κ3) is 3.26. The van der Waals surface area contributed by atoms with Crippen molar-refractivity contribution >= 4 is 5.82 Å². The van der Waals surface area contributed by atoms with E-state index in [9.17, 15) is 0 Å². The second-order valence-electron chi connectivity index (χ2n) is 4.88. The van der Waals surface area contributed by atoms with E-state index in [2.05, 4.69) is 34.6 Å². The second-order valence-corrected chi connectivity index (χ2v) is 4.88. The number of rotatable bonds is 5. The maximum absolute atomic E-state index is 5.19. The average Bonchev–Trinajstić information content (AvgIpc) is 2.48. The number of ether oxygens (including phenoxy) is 1. The van der Waals surface area contributed by atoms with E-state index in [1.54, 1.807) is 7.11 Å². The SMILES string of the molecule is CCC(Nc1cc(C)c(C)nn1)c1ccc(OC)cc1. The number of hydrogen-bond donors (Lipinski definition) is 1. The van der Waals surface area contributed by atoms with Crippen LogP contribution in [0.3, 0.4) is 0 Å². The Kier molecular flexibility index (Phi) is 4.56. The zero-order chi connectivity index (χ0) is 14.5. The molecule has 0 aliphatic rings. The molecule has 2 aromatic rings. The summed E-state index contributed by atoms with van der Waals surface area (Å²) in [5.74, 6) is 1.69. The van der Waals surface area contributed by atoms with Crippen LogP contribution in [0.4, 0.5) is 5.82 Å². The molecule has 0 radical (unpaired) electrons. The van der Waals surface area contributed by atoms with Crippen LogP contribution < -0.4 is 10.1 Å². The summed E-state index contributed by atoms with van der Waals surface area (Å²) in [6.07, 6.45) is 0.973. The van der Waals surface area contributed by atoms with E-state index in [4.69, 9.17) is 4.74 Å². The first-order valence-electron chi connectivity index (χ1n) is 6.85. The van der Waals surface area contributed by atoms with Gasteiger partial charge in [0.15, 0.2) is 0 Å². The maximum atomic E-state index is 5.19. The normalized spacial score (nSPS) is 12.0. The molecule has 0 aliphatic carbocycles. The smallest absolute Gasteiger partial charge is 0.149 e.